The quantitative estimate of drug-likeness (QED) is 0.623. The van der Waals surface area contributed by atoms with Gasteiger partial charge in [0.2, 0.25) is 0 Å². The highest BCUT2D eigenvalue weighted by atomic mass is 79.9. The molecule has 58 valence electrons. The third-order valence-electron chi connectivity index (χ3n) is 2.42. The zero-order valence-corrected chi connectivity index (χ0v) is 10.1. The molecular formula is C8H17BrMg. The van der Waals surface area contributed by atoms with Crippen molar-refractivity contribution >= 4 is 37.3 Å². The fourth-order valence-electron chi connectivity index (χ4n) is 1.88. The number of halogens is 1. The van der Waals surface area contributed by atoms with Crippen LogP contribution in [0.3, 0.4) is 0 Å². The summed E-state index contributed by atoms with van der Waals surface area (Å²) >= 11 is 0.369. The molecule has 0 heterocycles. The summed E-state index contributed by atoms with van der Waals surface area (Å²) in [6, 6.07) is 0. The summed E-state index contributed by atoms with van der Waals surface area (Å²) in [6.07, 6.45) is 7.68. The predicted molar refractivity (Wildman–Crippen MR) is 53.3 cm³/mol. The lowest BCUT2D eigenvalue weighted by Crippen LogP contribution is -2.06. The molecule has 0 nitrogen and oxygen atoms in total. The highest BCUT2D eigenvalue weighted by Gasteiger charge is 2.11. The lowest BCUT2D eigenvalue weighted by atomic mass is 9.91. The van der Waals surface area contributed by atoms with Gasteiger partial charge in [0.25, 0.3) is 0 Å². The van der Waals surface area contributed by atoms with Crippen LogP contribution in [0, 0.1) is 5.92 Å². The van der Waals surface area contributed by atoms with Crippen LogP contribution in [0.15, 0.2) is 0 Å². The van der Waals surface area contributed by atoms with Crippen molar-refractivity contribution in [2.75, 3.05) is 0 Å². The summed E-state index contributed by atoms with van der Waals surface area (Å²) in [6.45, 7) is 0. The lowest BCUT2D eigenvalue weighted by Gasteiger charge is -2.20. The maximum Gasteiger partial charge on any atom is 0.360 e. The van der Waals surface area contributed by atoms with Crippen LogP contribution in [0.5, 0.6) is 0 Å². The molecule has 1 aliphatic carbocycles. The molecule has 1 aliphatic rings. The molecule has 10 heavy (non-hydrogen) atoms. The fourth-order valence-corrected chi connectivity index (χ4v) is 3.28. The van der Waals surface area contributed by atoms with E-state index >= 15 is 0 Å². The summed E-state index contributed by atoms with van der Waals surface area (Å²) in [7, 11) is 0. The Labute approximate surface area is 84.6 Å². The van der Waals surface area contributed by atoms with Crippen LogP contribution < -0.4 is 0 Å². The molecule has 0 atom stereocenters. The van der Waals surface area contributed by atoms with E-state index in [1.54, 1.807) is 17.4 Å². The molecule has 0 amide bonds. The minimum atomic E-state index is 0. The molecule has 0 unspecified atom stereocenters. The van der Waals surface area contributed by atoms with E-state index in [9.17, 15) is 0 Å². The smallest absolute Gasteiger partial charge is 0.157 e. The van der Waals surface area contributed by atoms with E-state index in [0.29, 0.717) is 20.4 Å². The monoisotopic (exact) mass is 216 g/mol. The van der Waals surface area contributed by atoms with E-state index in [1.807, 2.05) is 0 Å². The molecule has 0 bridgehead atoms. The Morgan fingerprint density at radius 1 is 1.20 bits per heavy atom. The van der Waals surface area contributed by atoms with Crippen molar-refractivity contribution in [1.82, 2.24) is 0 Å². The van der Waals surface area contributed by atoms with Gasteiger partial charge in [0.05, 0.1) is 0 Å². The van der Waals surface area contributed by atoms with Gasteiger partial charge in [-0.1, -0.05) is 38.0 Å². The van der Waals surface area contributed by atoms with Gasteiger partial charge in [0.15, 0.2) is 0 Å². The van der Waals surface area contributed by atoms with Crippen molar-refractivity contribution in [3.8, 4) is 0 Å². The second kappa shape index (κ2) is 6.93. The summed E-state index contributed by atoms with van der Waals surface area (Å²) in [5.41, 5.74) is 0. The molecule has 0 radical (unpaired) electrons. The Kier molecular flexibility index (Phi) is 7.79. The maximum atomic E-state index is 2.44. The normalized spacial score (nSPS) is 19.3. The van der Waals surface area contributed by atoms with Crippen molar-refractivity contribution in [3.05, 3.63) is 0 Å². The van der Waals surface area contributed by atoms with Gasteiger partial charge in [-0.2, -0.15) is 5.05 Å². The highest BCUT2D eigenvalue weighted by Crippen LogP contribution is 2.25. The molecule has 0 saturated heterocycles. The first kappa shape index (κ1) is 11.2. The van der Waals surface area contributed by atoms with E-state index in [4.69, 9.17) is 0 Å². The van der Waals surface area contributed by atoms with E-state index < -0.39 is 0 Å². The van der Waals surface area contributed by atoms with E-state index in [2.05, 4.69) is 5.05 Å². The number of rotatable bonds is 2. The van der Waals surface area contributed by atoms with Crippen LogP contribution in [0.25, 0.3) is 0 Å². The van der Waals surface area contributed by atoms with Crippen LogP contribution in [0.2, 0.25) is 9.60 Å². The Balaban J connectivity index is 0.000000810. The standard InChI is InChI=1S/C7H13.CH3.BrH.Mg/c1-7-5-3-2-4-6-7;;;/h7H,1-6H2;1H3;1H;. The first-order chi connectivity index (χ1) is 4.43. The molecule has 0 aromatic carbocycles. The van der Waals surface area contributed by atoms with Crippen LogP contribution in [-0.2, 0) is 0 Å². The fraction of sp³-hybridized carbons (Fsp3) is 1.00. The molecule has 0 aliphatic heterocycles. The summed E-state index contributed by atoms with van der Waals surface area (Å²) < 4.78 is 1.62. The van der Waals surface area contributed by atoms with Crippen LogP contribution in [0.4, 0.5) is 0 Å². The topological polar surface area (TPSA) is 0 Å². The molecule has 1 rings (SSSR count). The molecule has 1 saturated carbocycles. The van der Waals surface area contributed by atoms with Crippen molar-refractivity contribution in [1.29, 1.82) is 0 Å². The second-order valence-corrected chi connectivity index (χ2v) is 4.87. The third-order valence-corrected chi connectivity index (χ3v) is 3.82. The van der Waals surface area contributed by atoms with Crippen molar-refractivity contribution in [2.45, 2.75) is 41.7 Å². The van der Waals surface area contributed by atoms with Crippen LogP contribution in [0.1, 0.15) is 32.1 Å². The van der Waals surface area contributed by atoms with E-state index in [1.165, 1.54) is 19.3 Å². The van der Waals surface area contributed by atoms with E-state index in [0.717, 1.165) is 5.92 Å². The average molecular weight is 217 g/mol. The molecule has 0 aromatic rings. The highest BCUT2D eigenvalue weighted by molar-refractivity contribution is 8.93. The van der Waals surface area contributed by atoms with Crippen molar-refractivity contribution in [3.63, 3.8) is 0 Å². The Hall–Kier alpha value is 1.25. The summed E-state index contributed by atoms with van der Waals surface area (Å²) in [5.74, 6) is 1.16. The van der Waals surface area contributed by atoms with Crippen molar-refractivity contribution in [2.24, 2.45) is 5.92 Å². The van der Waals surface area contributed by atoms with Gasteiger partial charge in [-0.25, -0.2) is 0 Å². The van der Waals surface area contributed by atoms with Gasteiger partial charge in [-0.15, -0.1) is 21.5 Å². The minimum absolute atomic E-state index is 0. The van der Waals surface area contributed by atoms with Gasteiger partial charge in [-0.05, 0) is 0 Å². The first-order valence-electron chi connectivity index (χ1n) is 4.43. The maximum absolute atomic E-state index is 2.44. The lowest BCUT2D eigenvalue weighted by molar-refractivity contribution is 0.384. The van der Waals surface area contributed by atoms with Crippen LogP contribution in [-0.4, -0.2) is 20.4 Å². The summed E-state index contributed by atoms with van der Waals surface area (Å²) in [4.78, 5) is 0. The molecule has 0 aromatic heterocycles. The predicted octanol–water partition coefficient (Wildman–Crippen LogP) is 3.32. The Morgan fingerprint density at radius 3 is 2.30 bits per heavy atom. The average Bonchev–Trinajstić information content (AvgIpc) is 1.91. The Bertz CT molecular complexity index is 66.9. The SMILES string of the molecule is Br.[CH3][Mg][CH2]C1CCCCC1. The molecule has 0 N–H and O–H groups in total. The molecular weight excluding hydrogens is 200 g/mol. The van der Waals surface area contributed by atoms with Crippen molar-refractivity contribution < 1.29 is 0 Å². The number of hydrogen-bond acceptors (Lipinski definition) is 0. The summed E-state index contributed by atoms with van der Waals surface area (Å²) in [5, 5.41) is 2.44. The van der Waals surface area contributed by atoms with Gasteiger partial charge in [0, 0.05) is 0 Å². The molecule has 2 heteroatoms. The first-order valence-corrected chi connectivity index (χ1v) is 6.85. The van der Waals surface area contributed by atoms with Gasteiger partial charge < -0.3 is 0 Å². The molecule has 0 spiro atoms. The molecule has 1 fully saturated rings. The van der Waals surface area contributed by atoms with Gasteiger partial charge in [0.1, 0.15) is 0 Å². The second-order valence-electron chi connectivity index (χ2n) is 3.29. The Morgan fingerprint density at radius 2 is 1.80 bits per heavy atom. The largest absolute Gasteiger partial charge is 0.360 e. The minimum Gasteiger partial charge on any atom is -0.157 e. The zero-order valence-electron chi connectivity index (χ0n) is 6.94. The third kappa shape index (κ3) is 4.19. The zero-order chi connectivity index (χ0) is 6.53. The van der Waals surface area contributed by atoms with Gasteiger partial charge in [-0.3, -0.25) is 0 Å². The van der Waals surface area contributed by atoms with Crippen LogP contribution >= 0.6 is 17.0 Å². The van der Waals surface area contributed by atoms with E-state index in [-0.39, 0.29) is 17.0 Å². The van der Waals surface area contributed by atoms with Gasteiger partial charge >= 0.3 is 20.4 Å². The number of hydrogen-bond donors (Lipinski definition) is 0.